The molecule has 1 amide bonds. The fraction of sp³-hybridized carbons (Fsp3) is 0.143. The number of para-hydroxylation sites is 1. The molecule has 0 fully saturated rings. The maximum atomic E-state index is 13.6. The molecule has 0 aromatic heterocycles. The van der Waals surface area contributed by atoms with Crippen molar-refractivity contribution in [2.45, 2.75) is 18.6 Å². The third kappa shape index (κ3) is 3.23. The van der Waals surface area contributed by atoms with Gasteiger partial charge < -0.3 is 19.5 Å². The van der Waals surface area contributed by atoms with E-state index in [9.17, 15) is 14.7 Å². The zero-order valence-corrected chi connectivity index (χ0v) is 18.2. The predicted molar refractivity (Wildman–Crippen MR) is 127 cm³/mol. The van der Waals surface area contributed by atoms with E-state index in [1.807, 2.05) is 48.5 Å². The Morgan fingerprint density at radius 3 is 2.53 bits per heavy atom. The number of anilines is 1. The normalized spacial score (nSPS) is 18.4. The Morgan fingerprint density at radius 1 is 0.882 bits per heavy atom. The van der Waals surface area contributed by atoms with Crippen LogP contribution in [0.25, 0.3) is 10.8 Å². The quantitative estimate of drug-likeness (QED) is 0.450. The maximum Gasteiger partial charge on any atom is 0.264 e. The van der Waals surface area contributed by atoms with Crippen molar-refractivity contribution >= 4 is 28.2 Å². The van der Waals surface area contributed by atoms with Gasteiger partial charge in [-0.1, -0.05) is 60.7 Å². The summed E-state index contributed by atoms with van der Waals surface area (Å²) in [7, 11) is 0. The molecule has 6 heteroatoms. The molecule has 0 spiro atoms. The molecule has 6 rings (SSSR count). The Labute approximate surface area is 196 Å². The topological polar surface area (TPSA) is 76.1 Å². The summed E-state index contributed by atoms with van der Waals surface area (Å²) in [5.41, 5.74) is 0.397. The second-order valence-corrected chi connectivity index (χ2v) is 8.62. The summed E-state index contributed by atoms with van der Waals surface area (Å²) < 4.78 is 10.8. The first-order chi connectivity index (χ1) is 16.5. The van der Waals surface area contributed by atoms with Crippen molar-refractivity contribution in [2.75, 3.05) is 11.7 Å². The lowest BCUT2D eigenvalue weighted by molar-refractivity contribution is -0.136. The van der Waals surface area contributed by atoms with Gasteiger partial charge in [-0.2, -0.15) is 0 Å². The lowest BCUT2D eigenvalue weighted by atomic mass is 9.88. The number of fused-ring (bicyclic) bond motifs is 3. The van der Waals surface area contributed by atoms with E-state index in [4.69, 9.17) is 9.47 Å². The second kappa shape index (κ2) is 7.71. The Hall–Kier alpha value is -4.16. The summed E-state index contributed by atoms with van der Waals surface area (Å²) in [6.45, 7) is 0.403. The minimum atomic E-state index is -1.93. The van der Waals surface area contributed by atoms with E-state index >= 15 is 0 Å². The van der Waals surface area contributed by atoms with Crippen LogP contribution in [0.15, 0.2) is 84.9 Å². The number of aliphatic hydroxyl groups is 1. The van der Waals surface area contributed by atoms with Gasteiger partial charge in [0.05, 0.1) is 18.7 Å². The molecular formula is C28H21NO5. The Bertz CT molecular complexity index is 1460. The van der Waals surface area contributed by atoms with Crippen LogP contribution in [-0.2, 0) is 16.9 Å². The average molecular weight is 451 g/mol. The minimum absolute atomic E-state index is 0.168. The maximum absolute atomic E-state index is 13.6. The van der Waals surface area contributed by atoms with Crippen molar-refractivity contribution in [2.24, 2.45) is 0 Å². The van der Waals surface area contributed by atoms with Crippen molar-refractivity contribution in [1.82, 2.24) is 0 Å². The predicted octanol–water partition coefficient (Wildman–Crippen LogP) is 4.58. The molecule has 0 radical (unpaired) electrons. The number of carbonyl (C=O) groups excluding carboxylic acids is 2. The zero-order valence-electron chi connectivity index (χ0n) is 18.2. The van der Waals surface area contributed by atoms with Crippen LogP contribution in [0.1, 0.15) is 27.9 Å². The standard InChI is InChI=1S/C28H21NO5/c30-24(21-11-10-19-5-1-2-6-20(19)14-21)15-28(32)22-7-3-4-8-23(22)29(27(28)31)16-18-9-12-25-26(13-18)34-17-33-25/h1-14,32H,15-17H2/t28-/m0/s1. The average Bonchev–Trinajstić information content (AvgIpc) is 3.41. The number of benzene rings is 4. The monoisotopic (exact) mass is 451 g/mol. The molecule has 1 N–H and O–H groups in total. The Balaban J connectivity index is 1.32. The van der Waals surface area contributed by atoms with Crippen LogP contribution in [-0.4, -0.2) is 23.6 Å². The van der Waals surface area contributed by atoms with E-state index in [2.05, 4.69) is 0 Å². The molecule has 0 saturated carbocycles. The zero-order chi connectivity index (χ0) is 23.3. The molecule has 6 nitrogen and oxygen atoms in total. The van der Waals surface area contributed by atoms with E-state index < -0.39 is 11.5 Å². The van der Waals surface area contributed by atoms with Crippen molar-refractivity contribution in [3.63, 3.8) is 0 Å². The van der Waals surface area contributed by atoms with E-state index in [0.717, 1.165) is 16.3 Å². The number of amides is 1. The van der Waals surface area contributed by atoms with Crippen LogP contribution < -0.4 is 14.4 Å². The van der Waals surface area contributed by atoms with Gasteiger partial charge in [0.25, 0.3) is 5.91 Å². The van der Waals surface area contributed by atoms with Gasteiger partial charge in [-0.25, -0.2) is 0 Å². The number of hydrogen-bond acceptors (Lipinski definition) is 5. The summed E-state index contributed by atoms with van der Waals surface area (Å²) in [6.07, 6.45) is -0.334. The molecule has 2 aliphatic rings. The minimum Gasteiger partial charge on any atom is -0.454 e. The van der Waals surface area contributed by atoms with Gasteiger partial charge in [0.1, 0.15) is 0 Å². The van der Waals surface area contributed by atoms with E-state index in [1.54, 1.807) is 36.4 Å². The molecular weight excluding hydrogens is 430 g/mol. The first-order valence-corrected chi connectivity index (χ1v) is 11.1. The summed E-state index contributed by atoms with van der Waals surface area (Å²) >= 11 is 0. The van der Waals surface area contributed by atoms with E-state index in [-0.39, 0.29) is 25.5 Å². The van der Waals surface area contributed by atoms with E-state index in [0.29, 0.717) is 28.3 Å². The number of ether oxygens (including phenoxy) is 2. The lowest BCUT2D eigenvalue weighted by Crippen LogP contribution is -2.41. The fourth-order valence-corrected chi connectivity index (χ4v) is 4.75. The SMILES string of the molecule is O=C(C[C@@]1(O)C(=O)N(Cc2ccc3c(c2)OCO3)c2ccccc21)c1ccc2ccccc2c1. The van der Waals surface area contributed by atoms with Gasteiger partial charge in [-0.3, -0.25) is 9.59 Å². The molecule has 2 aliphatic heterocycles. The second-order valence-electron chi connectivity index (χ2n) is 8.62. The Kier molecular flexibility index (Phi) is 4.64. The highest BCUT2D eigenvalue weighted by Gasteiger charge is 2.50. The van der Waals surface area contributed by atoms with Gasteiger partial charge in [0.15, 0.2) is 22.9 Å². The molecule has 4 aromatic rings. The third-order valence-corrected chi connectivity index (χ3v) is 6.50. The highest BCUT2D eigenvalue weighted by atomic mass is 16.7. The summed E-state index contributed by atoms with van der Waals surface area (Å²) in [4.78, 5) is 28.3. The molecule has 1 atom stereocenters. The molecule has 34 heavy (non-hydrogen) atoms. The molecule has 2 heterocycles. The van der Waals surface area contributed by atoms with Gasteiger partial charge in [-0.05, 0) is 40.6 Å². The Morgan fingerprint density at radius 2 is 1.65 bits per heavy atom. The van der Waals surface area contributed by atoms with Gasteiger partial charge in [-0.15, -0.1) is 0 Å². The number of rotatable bonds is 5. The van der Waals surface area contributed by atoms with Gasteiger partial charge >= 0.3 is 0 Å². The number of ketones is 1. The smallest absolute Gasteiger partial charge is 0.264 e. The van der Waals surface area contributed by atoms with Crippen LogP contribution in [0, 0.1) is 0 Å². The third-order valence-electron chi connectivity index (χ3n) is 6.50. The highest BCUT2D eigenvalue weighted by Crippen LogP contribution is 2.44. The first-order valence-electron chi connectivity index (χ1n) is 11.1. The number of nitrogens with zero attached hydrogens (tertiary/aromatic N) is 1. The number of carbonyl (C=O) groups is 2. The van der Waals surface area contributed by atoms with Crippen molar-refractivity contribution in [3.05, 3.63) is 102 Å². The largest absolute Gasteiger partial charge is 0.454 e. The first kappa shape index (κ1) is 20.4. The van der Waals surface area contributed by atoms with Gasteiger partial charge in [0, 0.05) is 11.1 Å². The highest BCUT2D eigenvalue weighted by molar-refractivity contribution is 6.11. The van der Waals surface area contributed by atoms with Crippen molar-refractivity contribution in [3.8, 4) is 11.5 Å². The van der Waals surface area contributed by atoms with Crippen LogP contribution in [0.3, 0.4) is 0 Å². The van der Waals surface area contributed by atoms with Crippen LogP contribution in [0.5, 0.6) is 11.5 Å². The number of Topliss-reactive ketones (excluding diaryl/α,β-unsaturated/α-hetero) is 1. The van der Waals surface area contributed by atoms with Crippen LogP contribution in [0.4, 0.5) is 5.69 Å². The molecule has 0 bridgehead atoms. The van der Waals surface area contributed by atoms with E-state index in [1.165, 1.54) is 4.90 Å². The van der Waals surface area contributed by atoms with Crippen LogP contribution >= 0.6 is 0 Å². The van der Waals surface area contributed by atoms with Crippen LogP contribution in [0.2, 0.25) is 0 Å². The molecule has 168 valence electrons. The summed E-state index contributed by atoms with van der Waals surface area (Å²) in [5, 5.41) is 13.6. The molecule has 0 saturated heterocycles. The van der Waals surface area contributed by atoms with Crippen molar-refractivity contribution < 1.29 is 24.2 Å². The molecule has 0 unspecified atom stereocenters. The summed E-state index contributed by atoms with van der Waals surface area (Å²) in [6, 6.07) is 25.8. The summed E-state index contributed by atoms with van der Waals surface area (Å²) in [5.74, 6) is 0.482. The molecule has 0 aliphatic carbocycles. The van der Waals surface area contributed by atoms with Gasteiger partial charge in [0.2, 0.25) is 6.79 Å². The molecule has 4 aromatic carbocycles. The fourth-order valence-electron chi connectivity index (χ4n) is 4.75. The number of hydrogen-bond donors (Lipinski definition) is 1. The van der Waals surface area contributed by atoms with Crippen molar-refractivity contribution in [1.29, 1.82) is 0 Å². The lowest BCUT2D eigenvalue weighted by Gasteiger charge is -2.23.